The number of sulfonamides is 1. The van der Waals surface area contributed by atoms with Gasteiger partial charge in [-0.25, -0.2) is 13.1 Å². The number of carbonyl (C=O) groups is 1. The molecule has 0 bridgehead atoms. The summed E-state index contributed by atoms with van der Waals surface area (Å²) in [4.78, 5) is 29.2. The first-order valence-electron chi connectivity index (χ1n) is 7.72. The van der Waals surface area contributed by atoms with E-state index < -0.39 is 15.6 Å². The minimum Gasteiger partial charge on any atom is -0.337 e. The van der Waals surface area contributed by atoms with Crippen molar-refractivity contribution in [2.24, 2.45) is 0 Å². The number of nitrogens with zero attached hydrogens (tertiary/aromatic N) is 1. The summed E-state index contributed by atoms with van der Waals surface area (Å²) < 4.78 is 25.3. The fourth-order valence-corrected chi connectivity index (χ4v) is 3.84. The number of para-hydroxylation sites is 1. The average Bonchev–Trinajstić information content (AvgIpc) is 2.52. The van der Waals surface area contributed by atoms with Crippen LogP contribution in [0, 0.1) is 0 Å². The van der Waals surface area contributed by atoms with Crippen molar-refractivity contribution in [1.82, 2.24) is 14.6 Å². The van der Waals surface area contributed by atoms with Crippen LogP contribution in [0.25, 0.3) is 10.9 Å². The Morgan fingerprint density at radius 2 is 2.08 bits per heavy atom. The van der Waals surface area contributed by atoms with Crippen molar-refractivity contribution < 1.29 is 13.2 Å². The van der Waals surface area contributed by atoms with Crippen molar-refractivity contribution in [2.75, 3.05) is 19.3 Å². The molecule has 1 aromatic heterocycles. The van der Waals surface area contributed by atoms with E-state index >= 15 is 0 Å². The molecule has 1 amide bonds. The van der Waals surface area contributed by atoms with Gasteiger partial charge in [0.15, 0.2) is 0 Å². The lowest BCUT2D eigenvalue weighted by Gasteiger charge is -2.32. The normalized spacial score (nSPS) is 18.7. The van der Waals surface area contributed by atoms with Gasteiger partial charge in [0, 0.05) is 24.6 Å². The van der Waals surface area contributed by atoms with E-state index in [-0.39, 0.29) is 24.1 Å². The molecular formula is C16H19N3O4S. The second kappa shape index (κ2) is 6.37. The van der Waals surface area contributed by atoms with Crippen molar-refractivity contribution >= 4 is 26.8 Å². The highest BCUT2D eigenvalue weighted by atomic mass is 32.2. The number of nitrogens with one attached hydrogen (secondary N) is 2. The monoisotopic (exact) mass is 349 g/mol. The van der Waals surface area contributed by atoms with Gasteiger partial charge in [-0.2, -0.15) is 0 Å². The van der Waals surface area contributed by atoms with Crippen molar-refractivity contribution in [2.45, 2.75) is 18.9 Å². The van der Waals surface area contributed by atoms with Crippen LogP contribution in [0.3, 0.4) is 0 Å². The van der Waals surface area contributed by atoms with Crippen LogP contribution < -0.4 is 10.3 Å². The summed E-state index contributed by atoms with van der Waals surface area (Å²) in [5.74, 6) is -0.373. The smallest absolute Gasteiger partial charge is 0.261 e. The lowest BCUT2D eigenvalue weighted by molar-refractivity contribution is 0.0701. The van der Waals surface area contributed by atoms with E-state index in [1.54, 1.807) is 12.1 Å². The number of carbonyl (C=O) groups excluding carboxylic acids is 1. The number of pyridine rings is 1. The number of benzene rings is 1. The van der Waals surface area contributed by atoms with Crippen LogP contribution in [-0.2, 0) is 10.0 Å². The van der Waals surface area contributed by atoms with Gasteiger partial charge in [0.1, 0.15) is 5.56 Å². The Hall–Kier alpha value is -2.19. The van der Waals surface area contributed by atoms with E-state index in [2.05, 4.69) is 9.71 Å². The standard InChI is InChI=1S/C16H19N3O4S/c1-24(22,23)18-12-6-4-8-19(10-12)16(21)13-9-11-5-2-3-7-14(11)17-15(13)20/h2-3,5,7,9,12,18H,4,6,8,10H2,1H3,(H,17,20). The van der Waals surface area contributed by atoms with Crippen LogP contribution in [0.15, 0.2) is 35.1 Å². The Morgan fingerprint density at radius 3 is 2.83 bits per heavy atom. The van der Waals surface area contributed by atoms with E-state index in [4.69, 9.17) is 0 Å². The van der Waals surface area contributed by atoms with Gasteiger partial charge >= 0.3 is 0 Å². The molecule has 1 aliphatic rings. The molecule has 0 saturated carbocycles. The molecule has 0 radical (unpaired) electrons. The molecule has 1 aliphatic heterocycles. The first kappa shape index (κ1) is 16.7. The summed E-state index contributed by atoms with van der Waals surface area (Å²) in [7, 11) is -3.33. The molecule has 8 heteroatoms. The number of amides is 1. The fourth-order valence-electron chi connectivity index (χ4n) is 3.04. The molecule has 1 aromatic carbocycles. The van der Waals surface area contributed by atoms with E-state index in [0.29, 0.717) is 24.9 Å². The third-order valence-electron chi connectivity index (χ3n) is 4.07. The fraction of sp³-hybridized carbons (Fsp3) is 0.375. The average molecular weight is 349 g/mol. The Kier molecular flexibility index (Phi) is 4.42. The van der Waals surface area contributed by atoms with Gasteiger partial charge in [-0.05, 0) is 30.4 Å². The first-order valence-corrected chi connectivity index (χ1v) is 9.61. The Balaban J connectivity index is 1.86. The van der Waals surface area contributed by atoms with Crippen molar-refractivity contribution in [3.8, 4) is 0 Å². The second-order valence-electron chi connectivity index (χ2n) is 6.08. The van der Waals surface area contributed by atoms with Crippen LogP contribution in [0.1, 0.15) is 23.2 Å². The zero-order valence-electron chi connectivity index (χ0n) is 13.3. The minimum absolute atomic E-state index is 0.0775. The van der Waals surface area contributed by atoms with E-state index in [0.717, 1.165) is 11.6 Å². The summed E-state index contributed by atoms with van der Waals surface area (Å²) in [6.45, 7) is 0.769. The van der Waals surface area contributed by atoms with Gasteiger partial charge in [-0.1, -0.05) is 18.2 Å². The van der Waals surface area contributed by atoms with Gasteiger partial charge in [0.2, 0.25) is 10.0 Å². The van der Waals surface area contributed by atoms with E-state index in [9.17, 15) is 18.0 Å². The predicted molar refractivity (Wildman–Crippen MR) is 91.5 cm³/mol. The summed E-state index contributed by atoms with van der Waals surface area (Å²) in [5, 5.41) is 0.781. The lowest BCUT2D eigenvalue weighted by atomic mass is 10.1. The minimum atomic E-state index is -3.33. The van der Waals surface area contributed by atoms with E-state index in [1.807, 2.05) is 18.2 Å². The summed E-state index contributed by atoms with van der Waals surface area (Å²) in [6.07, 6.45) is 2.46. The molecule has 7 nitrogen and oxygen atoms in total. The Bertz CT molecular complexity index is 936. The maximum atomic E-state index is 12.7. The van der Waals surface area contributed by atoms with Gasteiger partial charge in [-0.3, -0.25) is 9.59 Å². The topological polar surface area (TPSA) is 99.3 Å². The molecule has 2 heterocycles. The van der Waals surface area contributed by atoms with Gasteiger partial charge in [0.05, 0.1) is 6.26 Å². The van der Waals surface area contributed by atoms with E-state index in [1.165, 1.54) is 4.90 Å². The number of H-pyrrole nitrogens is 1. The molecule has 24 heavy (non-hydrogen) atoms. The molecule has 3 rings (SSSR count). The molecule has 0 aliphatic carbocycles. The van der Waals surface area contributed by atoms with Crippen LogP contribution in [-0.4, -0.2) is 49.6 Å². The molecule has 2 aromatic rings. The largest absolute Gasteiger partial charge is 0.337 e. The zero-order chi connectivity index (χ0) is 17.3. The Morgan fingerprint density at radius 1 is 1.33 bits per heavy atom. The SMILES string of the molecule is CS(=O)(=O)NC1CCCN(C(=O)c2cc3ccccc3[nH]c2=O)C1. The molecular weight excluding hydrogens is 330 g/mol. The highest BCUT2D eigenvalue weighted by molar-refractivity contribution is 7.88. The van der Waals surface area contributed by atoms with Gasteiger partial charge in [0.25, 0.3) is 11.5 Å². The quantitative estimate of drug-likeness (QED) is 0.851. The number of fused-ring (bicyclic) bond motifs is 1. The highest BCUT2D eigenvalue weighted by Gasteiger charge is 2.27. The molecule has 2 N–H and O–H groups in total. The van der Waals surface area contributed by atoms with Crippen LogP contribution >= 0.6 is 0 Å². The van der Waals surface area contributed by atoms with Crippen molar-refractivity contribution in [3.63, 3.8) is 0 Å². The molecule has 0 spiro atoms. The van der Waals surface area contributed by atoms with Crippen LogP contribution in [0.5, 0.6) is 0 Å². The maximum Gasteiger partial charge on any atom is 0.261 e. The van der Waals surface area contributed by atoms with Crippen LogP contribution in [0.2, 0.25) is 0 Å². The van der Waals surface area contributed by atoms with Gasteiger partial charge in [-0.15, -0.1) is 0 Å². The number of rotatable bonds is 3. The maximum absolute atomic E-state index is 12.7. The third-order valence-corrected chi connectivity index (χ3v) is 4.83. The molecule has 1 unspecified atom stereocenters. The summed E-state index contributed by atoms with van der Waals surface area (Å²) in [6, 6.07) is 8.51. The molecule has 1 saturated heterocycles. The second-order valence-corrected chi connectivity index (χ2v) is 7.86. The number of aromatic nitrogens is 1. The highest BCUT2D eigenvalue weighted by Crippen LogP contribution is 2.15. The summed E-state index contributed by atoms with van der Waals surface area (Å²) in [5.41, 5.74) is 0.319. The molecule has 128 valence electrons. The van der Waals surface area contributed by atoms with Crippen molar-refractivity contribution in [3.05, 3.63) is 46.2 Å². The van der Waals surface area contributed by atoms with Crippen LogP contribution in [0.4, 0.5) is 0 Å². The molecule has 1 fully saturated rings. The number of likely N-dealkylation sites (tertiary alicyclic amines) is 1. The number of piperidine rings is 1. The Labute approximate surface area is 139 Å². The van der Waals surface area contributed by atoms with Gasteiger partial charge < -0.3 is 9.88 Å². The zero-order valence-corrected chi connectivity index (χ0v) is 14.1. The third kappa shape index (κ3) is 3.65. The van der Waals surface area contributed by atoms with Crippen molar-refractivity contribution in [1.29, 1.82) is 0 Å². The number of hydrogen-bond donors (Lipinski definition) is 2. The predicted octanol–water partition coefficient (Wildman–Crippen LogP) is 0.682. The number of hydrogen-bond acceptors (Lipinski definition) is 4. The molecule has 1 atom stereocenters. The first-order chi connectivity index (χ1) is 11.3. The summed E-state index contributed by atoms with van der Waals surface area (Å²) >= 11 is 0. The number of aromatic amines is 1. The lowest BCUT2D eigenvalue weighted by Crippen LogP contribution is -2.50.